The quantitative estimate of drug-likeness (QED) is 0.200. The molecule has 4 rings (SSSR count). The van der Waals surface area contributed by atoms with Crippen LogP contribution in [0.25, 0.3) is 10.9 Å². The van der Waals surface area contributed by atoms with Crippen molar-refractivity contribution in [2.24, 2.45) is 17.6 Å². The van der Waals surface area contributed by atoms with E-state index in [0.29, 0.717) is 35.8 Å². The number of nitrogens with zero attached hydrogens (tertiary/aromatic N) is 2. The maximum absolute atomic E-state index is 12.8. The van der Waals surface area contributed by atoms with Crippen molar-refractivity contribution in [2.45, 2.75) is 77.0 Å². The molecule has 1 aliphatic rings. The van der Waals surface area contributed by atoms with Crippen LogP contribution in [0, 0.1) is 11.8 Å². The van der Waals surface area contributed by atoms with Gasteiger partial charge in [0.05, 0.1) is 10.4 Å². The molecule has 1 heterocycles. The van der Waals surface area contributed by atoms with Gasteiger partial charge in [0.1, 0.15) is 5.82 Å². The Bertz CT molecular complexity index is 1310. The van der Waals surface area contributed by atoms with Crippen molar-refractivity contribution in [2.75, 3.05) is 36.8 Å². The number of aromatic nitrogens is 2. The van der Waals surface area contributed by atoms with E-state index in [1.165, 1.54) is 0 Å². The highest BCUT2D eigenvalue weighted by Crippen LogP contribution is 2.30. The highest BCUT2D eigenvalue weighted by Gasteiger charge is 2.24. The Hall–Kier alpha value is -2.75. The van der Waals surface area contributed by atoms with Crippen LogP contribution in [0.5, 0.6) is 0 Å². The monoisotopic (exact) mass is 568 g/mol. The Labute approximate surface area is 241 Å². The van der Waals surface area contributed by atoms with Crippen LogP contribution in [0.2, 0.25) is 0 Å². The van der Waals surface area contributed by atoms with Crippen molar-refractivity contribution in [3.8, 4) is 0 Å². The maximum Gasteiger partial charge on any atom is 0.240 e. The predicted molar refractivity (Wildman–Crippen MR) is 167 cm³/mol. The molecule has 8 nitrogen and oxygen atoms in total. The van der Waals surface area contributed by atoms with Crippen LogP contribution in [0.1, 0.15) is 72.3 Å². The standard InChI is InChI=1S/C30H44N6O2S.CH4/c1-30(2,3)24-14-16-25(17-15-24)39(37,38)34-21-23-12-10-22(11-13-23)20-33-29-35-27-9-5-4-8-26(27)28(36-29)32-19-7-6-18-31;/h4-5,8-9,14-17,22-23,34H,6-7,10-13,18-21,31H2,1-3H3,(H2,32,33,35,36);1H4. The zero-order chi connectivity index (χ0) is 27.9. The molecule has 1 fully saturated rings. The number of fused-ring (bicyclic) bond motifs is 1. The Kier molecular flexibility index (Phi) is 11.3. The number of hydrogen-bond donors (Lipinski definition) is 4. The van der Waals surface area contributed by atoms with Crippen LogP contribution >= 0.6 is 0 Å². The van der Waals surface area contributed by atoms with Gasteiger partial charge in [-0.2, -0.15) is 4.98 Å². The van der Waals surface area contributed by atoms with Gasteiger partial charge in [0, 0.05) is 25.0 Å². The summed E-state index contributed by atoms with van der Waals surface area (Å²) in [5.74, 6) is 2.36. The molecule has 0 spiro atoms. The molecular weight excluding hydrogens is 520 g/mol. The van der Waals surface area contributed by atoms with Crippen molar-refractivity contribution in [1.82, 2.24) is 14.7 Å². The van der Waals surface area contributed by atoms with Gasteiger partial charge in [0.2, 0.25) is 16.0 Å². The van der Waals surface area contributed by atoms with Crippen molar-refractivity contribution in [1.29, 1.82) is 0 Å². The van der Waals surface area contributed by atoms with Crippen molar-refractivity contribution < 1.29 is 8.42 Å². The summed E-state index contributed by atoms with van der Waals surface area (Å²) in [7, 11) is -3.50. The second kappa shape index (κ2) is 14.2. The molecule has 3 aromatic rings. The molecule has 5 N–H and O–H groups in total. The van der Waals surface area contributed by atoms with Crippen LogP contribution in [-0.2, 0) is 15.4 Å². The molecule has 1 saturated carbocycles. The second-order valence-corrected chi connectivity index (χ2v) is 13.5. The Balaban J connectivity index is 0.00000441. The molecule has 0 amide bonds. The topological polar surface area (TPSA) is 122 Å². The van der Waals surface area contributed by atoms with E-state index in [0.717, 1.165) is 73.9 Å². The summed E-state index contributed by atoms with van der Waals surface area (Å²) < 4.78 is 28.5. The van der Waals surface area contributed by atoms with Crippen LogP contribution in [0.4, 0.5) is 11.8 Å². The van der Waals surface area contributed by atoms with Gasteiger partial charge in [-0.3, -0.25) is 0 Å². The van der Waals surface area contributed by atoms with E-state index in [-0.39, 0.29) is 12.8 Å². The molecule has 9 heteroatoms. The summed E-state index contributed by atoms with van der Waals surface area (Å²) in [6, 6.07) is 15.3. The lowest BCUT2D eigenvalue weighted by atomic mass is 9.82. The Morgan fingerprint density at radius 2 is 1.52 bits per heavy atom. The lowest BCUT2D eigenvalue weighted by Gasteiger charge is -2.28. The Morgan fingerprint density at radius 1 is 0.875 bits per heavy atom. The zero-order valence-electron chi connectivity index (χ0n) is 23.5. The van der Waals surface area contributed by atoms with Crippen LogP contribution < -0.4 is 21.1 Å². The summed E-state index contributed by atoms with van der Waals surface area (Å²) in [5.41, 5.74) is 7.66. The molecule has 0 radical (unpaired) electrons. The summed E-state index contributed by atoms with van der Waals surface area (Å²) in [4.78, 5) is 9.82. The van der Waals surface area contributed by atoms with E-state index in [4.69, 9.17) is 15.7 Å². The van der Waals surface area contributed by atoms with E-state index in [1.54, 1.807) is 12.1 Å². The van der Waals surface area contributed by atoms with E-state index in [2.05, 4.69) is 36.1 Å². The van der Waals surface area contributed by atoms with E-state index >= 15 is 0 Å². The highest BCUT2D eigenvalue weighted by molar-refractivity contribution is 7.89. The summed E-state index contributed by atoms with van der Waals surface area (Å²) >= 11 is 0. The smallest absolute Gasteiger partial charge is 0.240 e. The number of sulfonamides is 1. The molecule has 40 heavy (non-hydrogen) atoms. The number of benzene rings is 2. The molecule has 0 saturated heterocycles. The van der Waals surface area contributed by atoms with E-state index in [9.17, 15) is 8.42 Å². The molecule has 220 valence electrons. The molecule has 1 aliphatic carbocycles. The van der Waals surface area contributed by atoms with Crippen molar-refractivity contribution >= 4 is 32.7 Å². The number of para-hydroxylation sites is 1. The third kappa shape index (κ3) is 8.62. The van der Waals surface area contributed by atoms with Gasteiger partial charge >= 0.3 is 0 Å². The number of rotatable bonds is 12. The fourth-order valence-electron chi connectivity index (χ4n) is 5.09. The van der Waals surface area contributed by atoms with Gasteiger partial charge in [-0.1, -0.05) is 52.5 Å². The average Bonchev–Trinajstić information content (AvgIpc) is 2.93. The first-order chi connectivity index (χ1) is 18.7. The van der Waals surface area contributed by atoms with Crippen LogP contribution in [-0.4, -0.2) is 44.6 Å². The minimum atomic E-state index is -3.50. The first-order valence-corrected chi connectivity index (χ1v) is 15.7. The van der Waals surface area contributed by atoms with Crippen molar-refractivity contribution in [3.63, 3.8) is 0 Å². The molecule has 1 aromatic heterocycles. The highest BCUT2D eigenvalue weighted by atomic mass is 32.2. The average molecular weight is 569 g/mol. The first kappa shape index (κ1) is 31.8. The number of nitrogens with one attached hydrogen (secondary N) is 3. The van der Waals surface area contributed by atoms with Gasteiger partial charge in [-0.05, 0) is 92.1 Å². The van der Waals surface area contributed by atoms with Gasteiger partial charge < -0.3 is 16.4 Å². The summed E-state index contributed by atoms with van der Waals surface area (Å²) in [5, 5.41) is 7.93. The number of unbranched alkanes of at least 4 members (excludes halogenated alkanes) is 1. The van der Waals surface area contributed by atoms with Gasteiger partial charge in [0.25, 0.3) is 0 Å². The fraction of sp³-hybridized carbons (Fsp3) is 0.548. The van der Waals surface area contributed by atoms with Crippen molar-refractivity contribution in [3.05, 3.63) is 54.1 Å². The molecule has 0 unspecified atom stereocenters. The number of hydrogen-bond acceptors (Lipinski definition) is 7. The number of anilines is 2. The van der Waals surface area contributed by atoms with Gasteiger partial charge in [0.15, 0.2) is 0 Å². The minimum Gasteiger partial charge on any atom is -0.369 e. The molecule has 0 atom stereocenters. The summed E-state index contributed by atoms with van der Waals surface area (Å²) in [6.45, 7) is 9.17. The fourth-order valence-corrected chi connectivity index (χ4v) is 6.20. The van der Waals surface area contributed by atoms with E-state index in [1.807, 2.05) is 36.4 Å². The molecule has 0 bridgehead atoms. The third-order valence-electron chi connectivity index (χ3n) is 7.63. The van der Waals surface area contributed by atoms with Gasteiger partial charge in [-0.15, -0.1) is 0 Å². The predicted octanol–water partition coefficient (Wildman–Crippen LogP) is 5.91. The lowest BCUT2D eigenvalue weighted by molar-refractivity contribution is 0.284. The summed E-state index contributed by atoms with van der Waals surface area (Å²) in [6.07, 6.45) is 6.10. The maximum atomic E-state index is 12.8. The Morgan fingerprint density at radius 3 is 2.17 bits per heavy atom. The minimum absolute atomic E-state index is 0. The van der Waals surface area contributed by atoms with Crippen LogP contribution in [0.15, 0.2) is 53.4 Å². The molecule has 0 aliphatic heterocycles. The second-order valence-electron chi connectivity index (χ2n) is 11.7. The van der Waals surface area contributed by atoms with E-state index < -0.39 is 10.0 Å². The normalized spacial score (nSPS) is 17.8. The first-order valence-electron chi connectivity index (χ1n) is 14.2. The van der Waals surface area contributed by atoms with Gasteiger partial charge in [-0.25, -0.2) is 18.1 Å². The van der Waals surface area contributed by atoms with Crippen LogP contribution in [0.3, 0.4) is 0 Å². The SMILES string of the molecule is C.CC(C)(C)c1ccc(S(=O)(=O)NCC2CCC(CNc3nc(NCCCCN)c4ccccc4n3)CC2)cc1. The lowest BCUT2D eigenvalue weighted by Crippen LogP contribution is -2.32. The number of nitrogens with two attached hydrogens (primary N) is 1. The molecular formula is C31H48N6O2S. The molecule has 2 aromatic carbocycles. The largest absolute Gasteiger partial charge is 0.369 e. The third-order valence-corrected chi connectivity index (χ3v) is 9.07. The zero-order valence-corrected chi connectivity index (χ0v) is 24.4.